The van der Waals surface area contributed by atoms with Crippen molar-refractivity contribution in [2.45, 2.75) is 0 Å². The number of hydrogen-bond donors (Lipinski definition) is 1. The van der Waals surface area contributed by atoms with E-state index in [2.05, 4.69) is 10.4 Å². The summed E-state index contributed by atoms with van der Waals surface area (Å²) in [6, 6.07) is 25.1. The third-order valence-electron chi connectivity index (χ3n) is 5.03. The molecule has 1 aromatic heterocycles. The molecule has 0 atom stereocenters. The van der Waals surface area contributed by atoms with Crippen molar-refractivity contribution in [1.29, 1.82) is 0 Å². The summed E-state index contributed by atoms with van der Waals surface area (Å²) in [5.74, 6) is -1.80. The maximum atomic E-state index is 13.3. The van der Waals surface area contributed by atoms with Gasteiger partial charge in [-0.3, -0.25) is 19.8 Å². The highest BCUT2D eigenvalue weighted by atomic mass is 16.2. The highest BCUT2D eigenvalue weighted by Gasteiger charge is 2.41. The molecule has 0 unspecified atom stereocenters. The average Bonchev–Trinajstić information content (AvgIpc) is 3.03. The van der Waals surface area contributed by atoms with Gasteiger partial charge in [-0.15, -0.1) is 0 Å². The molecule has 6 nitrogen and oxygen atoms in total. The van der Waals surface area contributed by atoms with Gasteiger partial charge in [0.2, 0.25) is 0 Å². The van der Waals surface area contributed by atoms with Crippen LogP contribution in [0.2, 0.25) is 0 Å². The largest absolute Gasteiger partial charge is 0.299 e. The van der Waals surface area contributed by atoms with Crippen LogP contribution in [-0.2, 0) is 0 Å². The van der Waals surface area contributed by atoms with Crippen molar-refractivity contribution < 1.29 is 14.4 Å². The number of fused-ring (bicyclic) bond motifs is 2. The van der Waals surface area contributed by atoms with Crippen LogP contribution in [0, 0.1) is 0 Å². The molecule has 1 aliphatic heterocycles. The number of hydrazine groups is 1. The third-order valence-corrected chi connectivity index (χ3v) is 5.03. The Morgan fingerprint density at radius 2 is 1.37 bits per heavy atom. The van der Waals surface area contributed by atoms with Gasteiger partial charge in [0, 0.05) is 16.5 Å². The van der Waals surface area contributed by atoms with Crippen LogP contribution >= 0.6 is 0 Å². The van der Waals surface area contributed by atoms with Gasteiger partial charge in [-0.05, 0) is 23.8 Å². The van der Waals surface area contributed by atoms with Crippen LogP contribution in [0.4, 0.5) is 0 Å². The molecule has 2 heterocycles. The van der Waals surface area contributed by atoms with Crippen molar-refractivity contribution in [3.8, 4) is 11.1 Å². The van der Waals surface area contributed by atoms with E-state index in [0.717, 1.165) is 16.0 Å². The summed E-state index contributed by atoms with van der Waals surface area (Å²) in [4.78, 5) is 43.3. The normalized spacial score (nSPS) is 12.9. The lowest BCUT2D eigenvalue weighted by molar-refractivity contribution is 0.0516. The van der Waals surface area contributed by atoms with Crippen molar-refractivity contribution in [2.24, 2.45) is 0 Å². The monoisotopic (exact) mass is 393 g/mol. The minimum atomic E-state index is -0.651. The van der Waals surface area contributed by atoms with Crippen LogP contribution in [0.5, 0.6) is 0 Å². The molecule has 1 aliphatic rings. The fourth-order valence-electron chi connectivity index (χ4n) is 3.65. The number of nitrogens with zero attached hydrogens (tertiary/aromatic N) is 2. The lowest BCUT2D eigenvalue weighted by Crippen LogP contribution is -2.46. The van der Waals surface area contributed by atoms with E-state index in [1.807, 2.05) is 48.5 Å². The number of rotatable bonds is 3. The molecular formula is C24H15N3O3. The molecule has 5 rings (SSSR count). The second-order valence-corrected chi connectivity index (χ2v) is 6.85. The van der Waals surface area contributed by atoms with E-state index in [1.54, 1.807) is 36.4 Å². The Kier molecular flexibility index (Phi) is 4.10. The Balaban J connectivity index is 1.65. The number of pyridine rings is 1. The molecule has 4 aromatic rings. The molecule has 6 heteroatoms. The van der Waals surface area contributed by atoms with Gasteiger partial charge in [-0.25, -0.2) is 4.98 Å². The van der Waals surface area contributed by atoms with Crippen LogP contribution in [0.1, 0.15) is 31.2 Å². The first kappa shape index (κ1) is 17.8. The highest BCUT2D eigenvalue weighted by Crippen LogP contribution is 2.36. The van der Waals surface area contributed by atoms with E-state index >= 15 is 0 Å². The molecule has 0 spiro atoms. The zero-order chi connectivity index (χ0) is 20.7. The van der Waals surface area contributed by atoms with Gasteiger partial charge in [0.05, 0.1) is 11.1 Å². The Morgan fingerprint density at radius 3 is 2.10 bits per heavy atom. The number of hydrogen-bond acceptors (Lipinski definition) is 4. The number of para-hydroxylation sites is 1. The topological polar surface area (TPSA) is 79.4 Å². The zero-order valence-corrected chi connectivity index (χ0v) is 15.7. The summed E-state index contributed by atoms with van der Waals surface area (Å²) < 4.78 is 0. The average molecular weight is 393 g/mol. The quantitative estimate of drug-likeness (QED) is 0.537. The van der Waals surface area contributed by atoms with Crippen LogP contribution in [0.15, 0.2) is 84.9 Å². The minimum Gasteiger partial charge on any atom is -0.267 e. The molecule has 30 heavy (non-hydrogen) atoms. The van der Waals surface area contributed by atoms with E-state index in [4.69, 9.17) is 0 Å². The van der Waals surface area contributed by atoms with Gasteiger partial charge in [0.15, 0.2) is 0 Å². The highest BCUT2D eigenvalue weighted by molar-refractivity contribution is 6.26. The minimum absolute atomic E-state index is 0.0333. The van der Waals surface area contributed by atoms with E-state index in [0.29, 0.717) is 16.6 Å². The Hall–Kier alpha value is -4.32. The third kappa shape index (κ3) is 2.74. The van der Waals surface area contributed by atoms with Crippen molar-refractivity contribution in [3.05, 3.63) is 102 Å². The molecule has 3 amide bonds. The first-order chi connectivity index (χ1) is 14.6. The SMILES string of the molecule is O=C(NN1C(=O)c2nc3ccccc3c(-c3ccccc3)c2C1=O)c1ccccc1. The van der Waals surface area contributed by atoms with Gasteiger partial charge < -0.3 is 0 Å². The molecular weight excluding hydrogens is 378 g/mol. The number of nitrogens with one attached hydrogen (secondary N) is 1. The van der Waals surface area contributed by atoms with Crippen LogP contribution < -0.4 is 5.43 Å². The summed E-state index contributed by atoms with van der Waals surface area (Å²) >= 11 is 0. The molecule has 0 aliphatic carbocycles. The van der Waals surface area contributed by atoms with Gasteiger partial charge in [0.25, 0.3) is 17.7 Å². The number of aromatic nitrogens is 1. The smallest absolute Gasteiger partial charge is 0.267 e. The molecule has 0 saturated heterocycles. The van der Waals surface area contributed by atoms with Crippen molar-refractivity contribution >= 4 is 28.6 Å². The summed E-state index contributed by atoms with van der Waals surface area (Å²) in [6.07, 6.45) is 0. The number of carbonyl (C=O) groups is 3. The predicted molar refractivity (Wildman–Crippen MR) is 112 cm³/mol. The Bertz CT molecular complexity index is 1320. The number of amides is 3. The van der Waals surface area contributed by atoms with Crippen LogP contribution in [-0.4, -0.2) is 27.7 Å². The molecule has 3 aromatic carbocycles. The summed E-state index contributed by atoms with van der Waals surface area (Å²) in [7, 11) is 0. The van der Waals surface area contributed by atoms with E-state index in [1.165, 1.54) is 0 Å². The molecule has 0 fully saturated rings. The van der Waals surface area contributed by atoms with Crippen molar-refractivity contribution in [1.82, 2.24) is 15.4 Å². The van der Waals surface area contributed by atoms with E-state index in [-0.39, 0.29) is 11.3 Å². The van der Waals surface area contributed by atoms with Gasteiger partial charge in [-0.1, -0.05) is 66.7 Å². The fourth-order valence-corrected chi connectivity index (χ4v) is 3.65. The molecule has 144 valence electrons. The maximum Gasteiger partial charge on any atom is 0.299 e. The van der Waals surface area contributed by atoms with Gasteiger partial charge >= 0.3 is 0 Å². The lowest BCUT2D eigenvalue weighted by Gasteiger charge is -2.15. The zero-order valence-electron chi connectivity index (χ0n) is 15.7. The van der Waals surface area contributed by atoms with E-state index in [9.17, 15) is 14.4 Å². The van der Waals surface area contributed by atoms with Gasteiger partial charge in [0.1, 0.15) is 5.69 Å². The molecule has 1 N–H and O–H groups in total. The first-order valence-corrected chi connectivity index (χ1v) is 9.38. The second-order valence-electron chi connectivity index (χ2n) is 6.85. The predicted octanol–water partition coefficient (Wildman–Crippen LogP) is 3.84. The maximum absolute atomic E-state index is 13.3. The Labute approximate surface area is 171 Å². The van der Waals surface area contributed by atoms with Gasteiger partial charge in [-0.2, -0.15) is 5.01 Å². The van der Waals surface area contributed by atoms with Crippen molar-refractivity contribution in [2.75, 3.05) is 0 Å². The summed E-state index contributed by atoms with van der Waals surface area (Å²) in [5.41, 5.74) is 5.03. The number of carbonyl (C=O) groups excluding carboxylic acids is 3. The number of imide groups is 1. The van der Waals surface area contributed by atoms with E-state index < -0.39 is 17.7 Å². The first-order valence-electron chi connectivity index (χ1n) is 9.38. The summed E-state index contributed by atoms with van der Waals surface area (Å²) in [5, 5.41) is 1.51. The lowest BCUT2D eigenvalue weighted by atomic mass is 9.95. The molecule has 0 saturated carbocycles. The van der Waals surface area contributed by atoms with Crippen molar-refractivity contribution in [3.63, 3.8) is 0 Å². The molecule has 0 radical (unpaired) electrons. The van der Waals surface area contributed by atoms with Crippen LogP contribution in [0.25, 0.3) is 22.0 Å². The van der Waals surface area contributed by atoms with Crippen LogP contribution in [0.3, 0.4) is 0 Å². The molecule has 0 bridgehead atoms. The Morgan fingerprint density at radius 1 is 0.733 bits per heavy atom. The summed E-state index contributed by atoms with van der Waals surface area (Å²) in [6.45, 7) is 0. The fraction of sp³-hybridized carbons (Fsp3) is 0. The standard InChI is InChI=1S/C24H15N3O3/c28-22(16-11-5-2-6-12-16)26-27-23(29)20-19(15-9-3-1-4-10-15)17-13-7-8-14-18(17)25-21(20)24(27)30/h1-14H,(H,26,28). The second kappa shape index (κ2) is 6.93. The number of benzene rings is 3.